The average Bonchev–Trinajstić information content (AvgIpc) is 3.36. The van der Waals surface area contributed by atoms with E-state index in [0.717, 1.165) is 63.7 Å². The predicted octanol–water partition coefficient (Wildman–Crippen LogP) is 5.23. The Labute approximate surface area is 254 Å². The molecule has 0 bridgehead atoms. The molecule has 1 saturated heterocycles. The zero-order chi connectivity index (χ0) is 31.3. The van der Waals surface area contributed by atoms with Gasteiger partial charge in [-0.05, 0) is 55.9 Å². The molecular formula is C32H37F4N5O3. The summed E-state index contributed by atoms with van der Waals surface area (Å²) in [5.74, 6) is 4.60. The molecule has 44 heavy (non-hydrogen) atoms. The number of alkyl halides is 3. The SMILES string of the molecule is CNC(=O)c1cc(OC)c(NCC#Cc2cc3c(N[C@H]4CC[C@@H](N5CCOCC5)CC4)cccc3n2CC(F)(F)F)cc1F. The number of carbonyl (C=O) groups is 1. The number of morpholine rings is 1. The molecule has 1 amide bonds. The summed E-state index contributed by atoms with van der Waals surface area (Å²) in [5, 5.41) is 9.57. The summed E-state index contributed by atoms with van der Waals surface area (Å²) in [4.78, 5) is 14.4. The number of rotatable bonds is 8. The molecule has 2 aromatic carbocycles. The zero-order valence-electron chi connectivity index (χ0n) is 24.8. The summed E-state index contributed by atoms with van der Waals surface area (Å²) in [6.45, 7) is 2.29. The smallest absolute Gasteiger partial charge is 0.406 e. The first kappa shape index (κ1) is 31.5. The number of aromatic nitrogens is 1. The molecule has 0 radical (unpaired) electrons. The fraction of sp³-hybridized carbons (Fsp3) is 0.469. The summed E-state index contributed by atoms with van der Waals surface area (Å²) >= 11 is 0. The number of hydrogen-bond acceptors (Lipinski definition) is 6. The maximum absolute atomic E-state index is 14.5. The van der Waals surface area contributed by atoms with Crippen LogP contribution in [0.1, 0.15) is 41.7 Å². The van der Waals surface area contributed by atoms with Crippen molar-refractivity contribution in [2.75, 3.05) is 57.6 Å². The summed E-state index contributed by atoms with van der Waals surface area (Å²) in [6.07, 6.45) is -0.354. The van der Waals surface area contributed by atoms with Crippen molar-refractivity contribution in [2.45, 2.75) is 50.5 Å². The number of halogens is 4. The van der Waals surface area contributed by atoms with Gasteiger partial charge in [0.1, 0.15) is 18.1 Å². The van der Waals surface area contributed by atoms with E-state index in [2.05, 4.69) is 32.7 Å². The van der Waals surface area contributed by atoms with Crippen molar-refractivity contribution in [1.29, 1.82) is 0 Å². The molecule has 3 N–H and O–H groups in total. The average molecular weight is 616 g/mol. The highest BCUT2D eigenvalue weighted by molar-refractivity contribution is 5.95. The number of fused-ring (bicyclic) bond motifs is 1. The Morgan fingerprint density at radius 3 is 2.52 bits per heavy atom. The molecule has 8 nitrogen and oxygen atoms in total. The van der Waals surface area contributed by atoms with E-state index in [1.807, 2.05) is 6.07 Å². The van der Waals surface area contributed by atoms with Gasteiger partial charge in [-0.3, -0.25) is 9.69 Å². The maximum Gasteiger partial charge on any atom is 0.406 e. The molecule has 2 aliphatic rings. The number of carbonyl (C=O) groups excluding carboxylic acids is 1. The van der Waals surface area contributed by atoms with E-state index in [0.29, 0.717) is 16.9 Å². The number of amides is 1. The van der Waals surface area contributed by atoms with Crippen LogP contribution in [0.15, 0.2) is 36.4 Å². The Kier molecular flexibility index (Phi) is 9.86. The Morgan fingerprint density at radius 2 is 1.84 bits per heavy atom. The van der Waals surface area contributed by atoms with Gasteiger partial charge in [0, 0.05) is 49.4 Å². The first-order valence-corrected chi connectivity index (χ1v) is 14.8. The molecular weight excluding hydrogens is 578 g/mol. The van der Waals surface area contributed by atoms with Gasteiger partial charge >= 0.3 is 6.18 Å². The molecule has 1 aliphatic heterocycles. The minimum absolute atomic E-state index is 0.000153. The minimum Gasteiger partial charge on any atom is -0.495 e. The normalized spacial score (nSPS) is 19.2. The Balaban J connectivity index is 1.33. The number of nitrogens with one attached hydrogen (secondary N) is 3. The van der Waals surface area contributed by atoms with Crippen molar-refractivity contribution in [3.63, 3.8) is 0 Å². The number of anilines is 2. The Morgan fingerprint density at radius 1 is 1.09 bits per heavy atom. The van der Waals surface area contributed by atoms with E-state index in [1.54, 1.807) is 18.2 Å². The third kappa shape index (κ3) is 7.39. The largest absolute Gasteiger partial charge is 0.495 e. The summed E-state index contributed by atoms with van der Waals surface area (Å²) < 4.78 is 67.4. The topological polar surface area (TPSA) is 79.8 Å². The Hall–Kier alpha value is -3.95. The van der Waals surface area contributed by atoms with Gasteiger partial charge < -0.3 is 30.0 Å². The van der Waals surface area contributed by atoms with Crippen LogP contribution in [0, 0.1) is 17.7 Å². The minimum atomic E-state index is -4.45. The van der Waals surface area contributed by atoms with Crippen LogP contribution < -0.4 is 20.7 Å². The fourth-order valence-corrected chi connectivity index (χ4v) is 6.05. The van der Waals surface area contributed by atoms with E-state index in [1.165, 1.54) is 24.8 Å². The third-order valence-electron chi connectivity index (χ3n) is 8.25. The number of benzene rings is 2. The molecule has 2 fully saturated rings. The van der Waals surface area contributed by atoms with Crippen LogP contribution in [0.25, 0.3) is 10.9 Å². The number of hydrogen-bond donors (Lipinski definition) is 3. The van der Waals surface area contributed by atoms with E-state index in [-0.39, 0.29) is 35.3 Å². The van der Waals surface area contributed by atoms with Crippen LogP contribution in [-0.2, 0) is 11.3 Å². The highest BCUT2D eigenvalue weighted by Crippen LogP contribution is 2.33. The van der Waals surface area contributed by atoms with Crippen LogP contribution in [-0.4, -0.2) is 80.6 Å². The van der Waals surface area contributed by atoms with Gasteiger partial charge in [0.05, 0.1) is 49.3 Å². The highest BCUT2D eigenvalue weighted by Gasteiger charge is 2.31. The predicted molar refractivity (Wildman–Crippen MR) is 162 cm³/mol. The van der Waals surface area contributed by atoms with Gasteiger partial charge in [-0.15, -0.1) is 0 Å². The molecule has 1 aliphatic carbocycles. The van der Waals surface area contributed by atoms with Crippen molar-refractivity contribution >= 4 is 28.2 Å². The Bertz CT molecular complexity index is 1530. The lowest BCUT2D eigenvalue weighted by molar-refractivity contribution is -0.140. The summed E-state index contributed by atoms with van der Waals surface area (Å²) in [6, 6.07) is 10.2. The highest BCUT2D eigenvalue weighted by atomic mass is 19.4. The van der Waals surface area contributed by atoms with E-state index in [9.17, 15) is 22.4 Å². The molecule has 0 spiro atoms. The van der Waals surface area contributed by atoms with Gasteiger partial charge in [0.2, 0.25) is 0 Å². The van der Waals surface area contributed by atoms with Gasteiger partial charge in [-0.2, -0.15) is 13.2 Å². The van der Waals surface area contributed by atoms with Gasteiger partial charge in [0.15, 0.2) is 0 Å². The zero-order valence-corrected chi connectivity index (χ0v) is 24.8. The number of methoxy groups -OCH3 is 1. The van der Waals surface area contributed by atoms with Crippen LogP contribution >= 0.6 is 0 Å². The van der Waals surface area contributed by atoms with Crippen LogP contribution in [0.2, 0.25) is 0 Å². The maximum atomic E-state index is 14.5. The molecule has 0 atom stereocenters. The van der Waals surface area contributed by atoms with Crippen molar-refractivity contribution in [1.82, 2.24) is 14.8 Å². The lowest BCUT2D eigenvalue weighted by Gasteiger charge is -2.39. The fourth-order valence-electron chi connectivity index (χ4n) is 6.05. The first-order valence-electron chi connectivity index (χ1n) is 14.8. The van der Waals surface area contributed by atoms with E-state index in [4.69, 9.17) is 9.47 Å². The van der Waals surface area contributed by atoms with Crippen molar-refractivity contribution < 1.29 is 31.8 Å². The lowest BCUT2D eigenvalue weighted by Crippen LogP contribution is -2.46. The van der Waals surface area contributed by atoms with Crippen LogP contribution in [0.3, 0.4) is 0 Å². The van der Waals surface area contributed by atoms with Gasteiger partial charge in [0.25, 0.3) is 5.91 Å². The number of ether oxygens (including phenoxy) is 2. The standard InChI is InChI=1S/C32H37F4N5O3/c1-37-31(42)24-18-30(43-2)28(19-26(24)33)38-12-4-5-23-17-25-27(6-3-7-29(25)41(23)20-32(34,35)36)39-21-8-10-22(11-9-21)40-13-15-44-16-14-40/h3,6-7,17-19,21-22,38-39H,8-16,20H2,1-2H3,(H,37,42)/t21-,22+. The molecule has 1 saturated carbocycles. The van der Waals surface area contributed by atoms with Crippen molar-refractivity contribution in [3.05, 3.63) is 53.5 Å². The molecule has 5 rings (SSSR count). The molecule has 1 aromatic heterocycles. The summed E-state index contributed by atoms with van der Waals surface area (Å²) in [5.41, 5.74) is 1.54. The molecule has 3 aromatic rings. The third-order valence-corrected chi connectivity index (χ3v) is 8.25. The number of nitrogens with zero attached hydrogens (tertiary/aromatic N) is 2. The molecule has 2 heterocycles. The van der Waals surface area contributed by atoms with Crippen molar-refractivity contribution in [3.8, 4) is 17.6 Å². The van der Waals surface area contributed by atoms with E-state index >= 15 is 0 Å². The van der Waals surface area contributed by atoms with Crippen LogP contribution in [0.5, 0.6) is 5.75 Å². The monoisotopic (exact) mass is 615 g/mol. The van der Waals surface area contributed by atoms with E-state index < -0.39 is 24.4 Å². The second-order valence-electron chi connectivity index (χ2n) is 11.0. The first-order chi connectivity index (χ1) is 21.2. The molecule has 12 heteroatoms. The lowest BCUT2D eigenvalue weighted by atomic mass is 9.89. The van der Waals surface area contributed by atoms with Gasteiger partial charge in [-0.1, -0.05) is 12.0 Å². The van der Waals surface area contributed by atoms with Crippen molar-refractivity contribution in [2.24, 2.45) is 0 Å². The van der Waals surface area contributed by atoms with Gasteiger partial charge in [-0.25, -0.2) is 4.39 Å². The second-order valence-corrected chi connectivity index (χ2v) is 11.0. The quantitative estimate of drug-likeness (QED) is 0.238. The molecule has 236 valence electrons. The second kappa shape index (κ2) is 13.8. The summed E-state index contributed by atoms with van der Waals surface area (Å²) in [7, 11) is 2.78. The molecule has 0 unspecified atom stereocenters. The van der Waals surface area contributed by atoms with Crippen LogP contribution in [0.4, 0.5) is 28.9 Å².